The summed E-state index contributed by atoms with van der Waals surface area (Å²) in [5, 5.41) is 0. The minimum Gasteiger partial charge on any atom is -0.492 e. The highest BCUT2D eigenvalue weighted by atomic mass is 16.5. The second-order valence-electron chi connectivity index (χ2n) is 4.55. The Kier molecular flexibility index (Phi) is 1.62. The maximum atomic E-state index is 5.76. The van der Waals surface area contributed by atoms with Crippen LogP contribution in [0.1, 0.15) is 12.0 Å². The zero-order valence-corrected chi connectivity index (χ0v) is 8.49. The molecule has 1 aromatic carbocycles. The van der Waals surface area contributed by atoms with Crippen molar-refractivity contribution in [2.24, 2.45) is 0 Å². The second kappa shape index (κ2) is 2.74. The Morgan fingerprint density at radius 3 is 3.00 bits per heavy atom. The molecule has 0 saturated carbocycles. The molecule has 0 bridgehead atoms. The molecule has 1 atom stereocenters. The lowest BCUT2D eigenvalue weighted by atomic mass is 9.82. The van der Waals surface area contributed by atoms with Crippen molar-refractivity contribution in [3.8, 4) is 5.75 Å². The summed E-state index contributed by atoms with van der Waals surface area (Å²) >= 11 is 0. The Morgan fingerprint density at radius 1 is 1.36 bits per heavy atom. The van der Waals surface area contributed by atoms with E-state index in [0.29, 0.717) is 5.41 Å². The molecule has 2 heterocycles. The van der Waals surface area contributed by atoms with Crippen molar-refractivity contribution in [2.75, 3.05) is 26.7 Å². The second-order valence-corrected chi connectivity index (χ2v) is 4.55. The first-order chi connectivity index (χ1) is 6.80. The van der Waals surface area contributed by atoms with Crippen molar-refractivity contribution >= 4 is 0 Å². The summed E-state index contributed by atoms with van der Waals surface area (Å²) in [5.74, 6) is 1.10. The molecule has 0 aliphatic carbocycles. The minimum atomic E-state index is 0.297. The summed E-state index contributed by atoms with van der Waals surface area (Å²) in [6, 6.07) is 8.48. The van der Waals surface area contributed by atoms with Gasteiger partial charge in [0.15, 0.2) is 0 Å². The van der Waals surface area contributed by atoms with Crippen LogP contribution in [0.5, 0.6) is 5.75 Å². The molecule has 0 N–H and O–H groups in total. The molecule has 1 spiro atoms. The van der Waals surface area contributed by atoms with Crippen molar-refractivity contribution in [1.82, 2.24) is 4.90 Å². The smallest absolute Gasteiger partial charge is 0.123 e. The fraction of sp³-hybridized carbons (Fsp3) is 0.500. The van der Waals surface area contributed by atoms with E-state index in [0.717, 1.165) is 18.9 Å². The van der Waals surface area contributed by atoms with Gasteiger partial charge in [0.05, 0.1) is 6.61 Å². The molecule has 3 rings (SSSR count). The van der Waals surface area contributed by atoms with Gasteiger partial charge in [0.25, 0.3) is 0 Å². The van der Waals surface area contributed by atoms with Gasteiger partial charge in [-0.05, 0) is 26.1 Å². The zero-order valence-electron chi connectivity index (χ0n) is 8.49. The average molecular weight is 189 g/mol. The van der Waals surface area contributed by atoms with E-state index < -0.39 is 0 Å². The van der Waals surface area contributed by atoms with Gasteiger partial charge in [-0.2, -0.15) is 0 Å². The van der Waals surface area contributed by atoms with Gasteiger partial charge >= 0.3 is 0 Å². The van der Waals surface area contributed by atoms with E-state index in [1.165, 1.54) is 18.5 Å². The summed E-state index contributed by atoms with van der Waals surface area (Å²) < 4.78 is 5.76. The van der Waals surface area contributed by atoms with Crippen LogP contribution in [-0.4, -0.2) is 31.6 Å². The van der Waals surface area contributed by atoms with E-state index in [1.807, 2.05) is 0 Å². The van der Waals surface area contributed by atoms with Crippen LogP contribution in [-0.2, 0) is 5.41 Å². The highest BCUT2D eigenvalue weighted by Gasteiger charge is 2.44. The summed E-state index contributed by atoms with van der Waals surface area (Å²) in [7, 11) is 2.19. The first-order valence-electron chi connectivity index (χ1n) is 5.21. The van der Waals surface area contributed by atoms with Gasteiger partial charge in [-0.3, -0.25) is 0 Å². The lowest BCUT2D eigenvalue weighted by molar-refractivity contribution is 0.263. The van der Waals surface area contributed by atoms with Crippen LogP contribution in [0.4, 0.5) is 0 Å². The maximum absolute atomic E-state index is 5.76. The predicted molar refractivity (Wildman–Crippen MR) is 55.7 cm³/mol. The molecule has 1 saturated heterocycles. The number of ether oxygens (including phenoxy) is 1. The summed E-state index contributed by atoms with van der Waals surface area (Å²) in [6.45, 7) is 3.21. The fourth-order valence-corrected chi connectivity index (χ4v) is 2.74. The van der Waals surface area contributed by atoms with Gasteiger partial charge < -0.3 is 9.64 Å². The monoisotopic (exact) mass is 189 g/mol. The lowest BCUT2D eigenvalue weighted by Gasteiger charge is -2.21. The average Bonchev–Trinajstić information content (AvgIpc) is 2.75. The van der Waals surface area contributed by atoms with E-state index in [9.17, 15) is 0 Å². The van der Waals surface area contributed by atoms with Crippen LogP contribution in [0, 0.1) is 0 Å². The number of para-hydroxylation sites is 1. The molecular formula is C12H15NO. The van der Waals surface area contributed by atoms with Gasteiger partial charge in [0, 0.05) is 17.5 Å². The molecule has 14 heavy (non-hydrogen) atoms. The number of likely N-dealkylation sites (tertiary alicyclic amines) is 1. The summed E-state index contributed by atoms with van der Waals surface area (Å²) in [5.41, 5.74) is 1.72. The van der Waals surface area contributed by atoms with E-state index in [1.54, 1.807) is 0 Å². The molecule has 2 nitrogen and oxygen atoms in total. The van der Waals surface area contributed by atoms with Crippen LogP contribution in [0.25, 0.3) is 0 Å². The summed E-state index contributed by atoms with van der Waals surface area (Å²) in [6.07, 6.45) is 1.24. The Bertz CT molecular complexity index is 359. The topological polar surface area (TPSA) is 12.5 Å². The van der Waals surface area contributed by atoms with Crippen LogP contribution in [0.15, 0.2) is 24.3 Å². The molecule has 0 amide bonds. The fourth-order valence-electron chi connectivity index (χ4n) is 2.74. The van der Waals surface area contributed by atoms with Crippen molar-refractivity contribution in [1.29, 1.82) is 0 Å². The van der Waals surface area contributed by atoms with Crippen molar-refractivity contribution in [2.45, 2.75) is 11.8 Å². The Hall–Kier alpha value is -1.02. The molecule has 2 aliphatic heterocycles. The van der Waals surface area contributed by atoms with Gasteiger partial charge in [0.1, 0.15) is 5.75 Å². The van der Waals surface area contributed by atoms with Crippen LogP contribution in [0.2, 0.25) is 0 Å². The normalized spacial score (nSPS) is 30.6. The predicted octanol–water partition coefficient (Wildman–Crippen LogP) is 1.65. The number of likely N-dealkylation sites (N-methyl/N-ethyl adjacent to an activating group) is 1. The Labute approximate surface area is 84.5 Å². The van der Waals surface area contributed by atoms with Crippen molar-refractivity contribution in [3.63, 3.8) is 0 Å². The van der Waals surface area contributed by atoms with E-state index in [-0.39, 0.29) is 0 Å². The summed E-state index contributed by atoms with van der Waals surface area (Å²) in [4.78, 5) is 2.39. The number of fused-ring (bicyclic) bond motifs is 2. The standard InChI is InChI=1S/C12H15NO/c1-13-7-6-12(8-13)9-14-11-5-3-2-4-10(11)12/h2-5H,6-9H2,1H3. The molecule has 1 unspecified atom stereocenters. The van der Waals surface area contributed by atoms with Gasteiger partial charge in [-0.1, -0.05) is 18.2 Å². The van der Waals surface area contributed by atoms with E-state index >= 15 is 0 Å². The third-order valence-corrected chi connectivity index (χ3v) is 3.51. The van der Waals surface area contributed by atoms with Crippen LogP contribution < -0.4 is 4.74 Å². The molecule has 2 aliphatic rings. The quantitative estimate of drug-likeness (QED) is 0.615. The Morgan fingerprint density at radius 2 is 2.21 bits per heavy atom. The Balaban J connectivity index is 2.05. The van der Waals surface area contributed by atoms with Crippen molar-refractivity contribution < 1.29 is 4.74 Å². The van der Waals surface area contributed by atoms with E-state index in [2.05, 4.69) is 36.2 Å². The molecule has 2 heteroatoms. The van der Waals surface area contributed by atoms with Crippen LogP contribution in [0.3, 0.4) is 0 Å². The molecule has 74 valence electrons. The molecule has 0 aromatic heterocycles. The van der Waals surface area contributed by atoms with Crippen LogP contribution >= 0.6 is 0 Å². The minimum absolute atomic E-state index is 0.297. The largest absolute Gasteiger partial charge is 0.492 e. The lowest BCUT2D eigenvalue weighted by Crippen LogP contribution is -2.31. The van der Waals surface area contributed by atoms with Gasteiger partial charge in [0.2, 0.25) is 0 Å². The van der Waals surface area contributed by atoms with Crippen molar-refractivity contribution in [3.05, 3.63) is 29.8 Å². The third kappa shape index (κ3) is 1.01. The molecule has 1 fully saturated rings. The first-order valence-corrected chi connectivity index (χ1v) is 5.21. The molecule has 0 radical (unpaired) electrons. The van der Waals surface area contributed by atoms with Gasteiger partial charge in [-0.15, -0.1) is 0 Å². The number of benzene rings is 1. The highest BCUT2D eigenvalue weighted by molar-refractivity contribution is 5.44. The molecule has 1 aromatic rings. The third-order valence-electron chi connectivity index (χ3n) is 3.51. The number of hydrogen-bond donors (Lipinski definition) is 0. The highest BCUT2D eigenvalue weighted by Crippen LogP contribution is 2.43. The maximum Gasteiger partial charge on any atom is 0.123 e. The number of nitrogens with zero attached hydrogens (tertiary/aromatic N) is 1. The first kappa shape index (κ1) is 8.30. The molecular weight excluding hydrogens is 174 g/mol. The number of hydrogen-bond acceptors (Lipinski definition) is 2. The van der Waals surface area contributed by atoms with E-state index in [4.69, 9.17) is 4.74 Å². The zero-order chi connectivity index (χ0) is 9.60. The van der Waals surface area contributed by atoms with Gasteiger partial charge in [-0.25, -0.2) is 0 Å². The number of rotatable bonds is 0. The SMILES string of the molecule is CN1CCC2(COc3ccccc32)C1.